The highest BCUT2D eigenvalue weighted by molar-refractivity contribution is 7.16. The van der Waals surface area contributed by atoms with Crippen LogP contribution in [0.5, 0.6) is 0 Å². The SMILES string of the molecule is C=CCN(Cc1ccc(Cl)s1)C(=O)CCN1C(=O)c2ccc(C)cc2C1=O. The quantitative estimate of drug-likeness (QED) is 0.521. The monoisotopic (exact) mass is 402 g/mol. The Labute approximate surface area is 166 Å². The number of imide groups is 1. The molecule has 140 valence electrons. The number of aryl methyl sites for hydroxylation is 1. The second-order valence-corrected chi connectivity index (χ2v) is 8.13. The summed E-state index contributed by atoms with van der Waals surface area (Å²) in [6, 6.07) is 8.84. The lowest BCUT2D eigenvalue weighted by Gasteiger charge is -2.22. The van der Waals surface area contributed by atoms with Crippen molar-refractivity contribution in [3.8, 4) is 0 Å². The molecular formula is C20H19ClN2O3S. The van der Waals surface area contributed by atoms with Crippen LogP contribution < -0.4 is 0 Å². The highest BCUT2D eigenvalue weighted by Gasteiger charge is 2.35. The smallest absolute Gasteiger partial charge is 0.261 e. The van der Waals surface area contributed by atoms with Crippen LogP contribution in [0.15, 0.2) is 43.0 Å². The molecule has 0 radical (unpaired) electrons. The molecule has 3 amide bonds. The maximum absolute atomic E-state index is 12.6. The molecule has 1 aliphatic rings. The van der Waals surface area contributed by atoms with Gasteiger partial charge in [0, 0.05) is 24.4 Å². The number of amides is 3. The number of benzene rings is 1. The van der Waals surface area contributed by atoms with Crippen molar-refractivity contribution >= 4 is 40.7 Å². The molecule has 0 saturated heterocycles. The van der Waals surface area contributed by atoms with E-state index in [4.69, 9.17) is 11.6 Å². The molecule has 27 heavy (non-hydrogen) atoms. The summed E-state index contributed by atoms with van der Waals surface area (Å²) < 4.78 is 0.664. The Kier molecular flexibility index (Phi) is 5.77. The maximum Gasteiger partial charge on any atom is 0.261 e. The van der Waals surface area contributed by atoms with Gasteiger partial charge in [-0.25, -0.2) is 0 Å². The molecule has 0 fully saturated rings. The van der Waals surface area contributed by atoms with E-state index in [0.29, 0.717) is 28.6 Å². The lowest BCUT2D eigenvalue weighted by molar-refractivity contribution is -0.131. The van der Waals surface area contributed by atoms with Gasteiger partial charge in [0.2, 0.25) is 5.91 Å². The Balaban J connectivity index is 1.66. The minimum absolute atomic E-state index is 0.0586. The standard InChI is InChI=1S/C20H19ClN2O3S/c1-3-9-22(12-14-5-7-17(21)27-14)18(24)8-10-23-19(25)15-6-4-13(2)11-16(15)20(23)26/h3-7,11H,1,8-10,12H2,2H3. The van der Waals surface area contributed by atoms with Gasteiger partial charge in [0.05, 0.1) is 22.0 Å². The Morgan fingerprint density at radius 1 is 1.22 bits per heavy atom. The largest absolute Gasteiger partial charge is 0.334 e. The summed E-state index contributed by atoms with van der Waals surface area (Å²) in [5, 5.41) is 0. The second-order valence-electron chi connectivity index (χ2n) is 6.33. The third-order valence-electron chi connectivity index (χ3n) is 4.35. The maximum atomic E-state index is 12.6. The molecule has 0 aliphatic carbocycles. The summed E-state index contributed by atoms with van der Waals surface area (Å²) in [5.74, 6) is -0.831. The van der Waals surface area contributed by atoms with Gasteiger partial charge in [-0.05, 0) is 31.2 Å². The van der Waals surface area contributed by atoms with E-state index in [1.165, 1.54) is 11.3 Å². The molecule has 2 heterocycles. The lowest BCUT2D eigenvalue weighted by atomic mass is 10.1. The van der Waals surface area contributed by atoms with Crippen molar-refractivity contribution in [2.75, 3.05) is 13.1 Å². The van der Waals surface area contributed by atoms with E-state index in [0.717, 1.165) is 15.3 Å². The van der Waals surface area contributed by atoms with Crippen LogP contribution in [-0.4, -0.2) is 40.6 Å². The van der Waals surface area contributed by atoms with Gasteiger partial charge in [0.25, 0.3) is 11.8 Å². The van der Waals surface area contributed by atoms with Crippen LogP contribution in [0.1, 0.15) is 37.6 Å². The number of hydrogen-bond acceptors (Lipinski definition) is 4. The van der Waals surface area contributed by atoms with E-state index in [9.17, 15) is 14.4 Å². The number of thiophene rings is 1. The molecule has 0 N–H and O–H groups in total. The Hall–Kier alpha value is -2.44. The van der Waals surface area contributed by atoms with Crippen LogP contribution >= 0.6 is 22.9 Å². The molecule has 0 saturated carbocycles. The highest BCUT2D eigenvalue weighted by Crippen LogP contribution is 2.25. The number of fused-ring (bicyclic) bond motifs is 1. The van der Waals surface area contributed by atoms with E-state index in [1.807, 2.05) is 13.0 Å². The third kappa shape index (κ3) is 4.12. The zero-order chi connectivity index (χ0) is 19.6. The average molecular weight is 403 g/mol. The molecule has 0 atom stereocenters. The number of carbonyl (C=O) groups excluding carboxylic acids is 3. The first-order chi connectivity index (χ1) is 12.9. The molecule has 5 nitrogen and oxygen atoms in total. The first-order valence-electron chi connectivity index (χ1n) is 8.50. The summed E-state index contributed by atoms with van der Waals surface area (Å²) in [6.45, 7) is 6.42. The molecular weight excluding hydrogens is 384 g/mol. The Morgan fingerprint density at radius 3 is 2.63 bits per heavy atom. The fourth-order valence-electron chi connectivity index (χ4n) is 3.01. The van der Waals surface area contributed by atoms with Crippen LogP contribution in [-0.2, 0) is 11.3 Å². The van der Waals surface area contributed by atoms with E-state index < -0.39 is 0 Å². The van der Waals surface area contributed by atoms with Crippen molar-refractivity contribution in [1.82, 2.24) is 9.80 Å². The molecule has 1 aromatic heterocycles. The van der Waals surface area contributed by atoms with E-state index >= 15 is 0 Å². The van der Waals surface area contributed by atoms with Crippen LogP contribution in [0.25, 0.3) is 0 Å². The van der Waals surface area contributed by atoms with Gasteiger partial charge >= 0.3 is 0 Å². The topological polar surface area (TPSA) is 57.7 Å². The van der Waals surface area contributed by atoms with Gasteiger partial charge in [0.1, 0.15) is 0 Å². The zero-order valence-corrected chi connectivity index (χ0v) is 16.5. The lowest BCUT2D eigenvalue weighted by Crippen LogP contribution is -2.36. The van der Waals surface area contributed by atoms with Crippen molar-refractivity contribution < 1.29 is 14.4 Å². The molecule has 1 aromatic carbocycles. The first kappa shape index (κ1) is 19.3. The fourth-order valence-corrected chi connectivity index (χ4v) is 4.11. The predicted molar refractivity (Wildman–Crippen MR) is 106 cm³/mol. The van der Waals surface area contributed by atoms with Gasteiger partial charge in [0.15, 0.2) is 0 Å². The molecule has 3 rings (SSSR count). The third-order valence-corrected chi connectivity index (χ3v) is 5.57. The highest BCUT2D eigenvalue weighted by atomic mass is 35.5. The molecule has 2 aromatic rings. The number of hydrogen-bond donors (Lipinski definition) is 0. The van der Waals surface area contributed by atoms with Gasteiger partial charge in [-0.2, -0.15) is 0 Å². The Bertz CT molecular complexity index is 922. The summed E-state index contributed by atoms with van der Waals surface area (Å²) in [5.41, 5.74) is 1.72. The van der Waals surface area contributed by atoms with Crippen LogP contribution in [0.2, 0.25) is 4.34 Å². The first-order valence-corrected chi connectivity index (χ1v) is 9.70. The van der Waals surface area contributed by atoms with Gasteiger partial charge < -0.3 is 4.90 Å². The predicted octanol–water partition coefficient (Wildman–Crippen LogP) is 3.91. The second kappa shape index (κ2) is 8.06. The molecule has 0 bridgehead atoms. The fraction of sp³-hybridized carbons (Fsp3) is 0.250. The summed E-state index contributed by atoms with van der Waals surface area (Å²) in [4.78, 5) is 41.4. The zero-order valence-electron chi connectivity index (χ0n) is 14.9. The van der Waals surface area contributed by atoms with Crippen LogP contribution in [0.4, 0.5) is 0 Å². The van der Waals surface area contributed by atoms with Crippen LogP contribution in [0, 0.1) is 6.92 Å². The molecule has 7 heteroatoms. The Morgan fingerprint density at radius 2 is 1.96 bits per heavy atom. The number of halogens is 1. The summed E-state index contributed by atoms with van der Waals surface area (Å²) >= 11 is 7.36. The van der Waals surface area contributed by atoms with Crippen molar-refractivity contribution in [1.29, 1.82) is 0 Å². The van der Waals surface area contributed by atoms with Crippen molar-refractivity contribution in [2.24, 2.45) is 0 Å². The number of rotatable bonds is 7. The number of carbonyl (C=O) groups is 3. The van der Waals surface area contributed by atoms with Gasteiger partial charge in [-0.15, -0.1) is 17.9 Å². The normalized spacial score (nSPS) is 13.0. The van der Waals surface area contributed by atoms with Gasteiger partial charge in [-0.3, -0.25) is 19.3 Å². The van der Waals surface area contributed by atoms with E-state index in [-0.39, 0.29) is 30.7 Å². The minimum atomic E-state index is -0.344. The van der Waals surface area contributed by atoms with Crippen molar-refractivity contribution in [3.05, 3.63) is 68.9 Å². The van der Waals surface area contributed by atoms with Crippen molar-refractivity contribution in [2.45, 2.75) is 19.9 Å². The summed E-state index contributed by atoms with van der Waals surface area (Å²) in [7, 11) is 0. The average Bonchev–Trinajstić information content (AvgIpc) is 3.14. The van der Waals surface area contributed by atoms with E-state index in [2.05, 4.69) is 6.58 Å². The molecule has 1 aliphatic heterocycles. The van der Waals surface area contributed by atoms with Crippen LogP contribution in [0.3, 0.4) is 0 Å². The van der Waals surface area contributed by atoms with E-state index in [1.54, 1.807) is 35.2 Å². The summed E-state index contributed by atoms with van der Waals surface area (Å²) in [6.07, 6.45) is 1.72. The van der Waals surface area contributed by atoms with Gasteiger partial charge in [-0.1, -0.05) is 29.3 Å². The molecule has 0 spiro atoms. The minimum Gasteiger partial charge on any atom is -0.334 e. The van der Waals surface area contributed by atoms with Crippen molar-refractivity contribution in [3.63, 3.8) is 0 Å². The number of nitrogens with zero attached hydrogens (tertiary/aromatic N) is 2. The molecule has 0 unspecified atom stereocenters.